The fraction of sp³-hybridized carbons (Fsp3) is 0.417. The number of hydrogen-bond donors (Lipinski definition) is 2. The predicted octanol–water partition coefficient (Wildman–Crippen LogP) is 2.66. The standard InChI is InChI=1S/C12H13BrF3N3O/c1-17-10-6-3-7(13)9(4-8(6)18-11(10)20)19(2)5-12(14,15)16/h3-4,10,17H,5H2,1-2H3,(H,18,20). The number of alkyl halides is 3. The highest BCUT2D eigenvalue weighted by Crippen LogP contribution is 2.39. The van der Waals surface area contributed by atoms with Crippen LogP contribution < -0.4 is 15.5 Å². The van der Waals surface area contributed by atoms with Crippen LogP contribution in [0.4, 0.5) is 24.5 Å². The summed E-state index contributed by atoms with van der Waals surface area (Å²) in [7, 11) is 3.00. The van der Waals surface area contributed by atoms with E-state index in [1.54, 1.807) is 19.2 Å². The summed E-state index contributed by atoms with van der Waals surface area (Å²) < 4.78 is 37.8. The molecule has 0 fully saturated rings. The molecule has 8 heteroatoms. The Morgan fingerprint density at radius 1 is 1.45 bits per heavy atom. The van der Waals surface area contributed by atoms with E-state index < -0.39 is 18.8 Å². The lowest BCUT2D eigenvalue weighted by atomic mass is 10.1. The summed E-state index contributed by atoms with van der Waals surface area (Å²) >= 11 is 3.26. The molecule has 2 rings (SSSR count). The molecule has 20 heavy (non-hydrogen) atoms. The molecule has 1 aliphatic heterocycles. The fourth-order valence-electron chi connectivity index (χ4n) is 2.20. The number of hydrogen-bond acceptors (Lipinski definition) is 3. The lowest BCUT2D eigenvalue weighted by Crippen LogP contribution is -2.31. The van der Waals surface area contributed by atoms with E-state index in [-0.39, 0.29) is 5.91 Å². The molecular formula is C12H13BrF3N3O. The molecule has 4 nitrogen and oxygen atoms in total. The molecular weight excluding hydrogens is 339 g/mol. The number of likely N-dealkylation sites (N-methyl/N-ethyl adjacent to an activating group) is 1. The molecule has 0 bridgehead atoms. The van der Waals surface area contributed by atoms with Gasteiger partial charge in [0, 0.05) is 22.8 Å². The van der Waals surface area contributed by atoms with Crippen LogP contribution in [-0.2, 0) is 4.79 Å². The van der Waals surface area contributed by atoms with Crippen LogP contribution in [0.15, 0.2) is 16.6 Å². The predicted molar refractivity (Wildman–Crippen MR) is 73.9 cm³/mol. The van der Waals surface area contributed by atoms with E-state index in [2.05, 4.69) is 26.6 Å². The van der Waals surface area contributed by atoms with Crippen molar-refractivity contribution in [3.8, 4) is 0 Å². The second-order valence-electron chi connectivity index (χ2n) is 4.57. The van der Waals surface area contributed by atoms with Gasteiger partial charge in [-0.2, -0.15) is 13.2 Å². The summed E-state index contributed by atoms with van der Waals surface area (Å²) in [5.41, 5.74) is 1.62. The molecule has 2 N–H and O–H groups in total. The van der Waals surface area contributed by atoms with Gasteiger partial charge >= 0.3 is 6.18 Å². The molecule has 1 aromatic rings. The molecule has 0 aromatic heterocycles. The van der Waals surface area contributed by atoms with Crippen molar-refractivity contribution in [1.82, 2.24) is 5.32 Å². The van der Waals surface area contributed by atoms with Crippen LogP contribution in [0.1, 0.15) is 11.6 Å². The monoisotopic (exact) mass is 351 g/mol. The third kappa shape index (κ3) is 2.90. The minimum atomic E-state index is -4.29. The van der Waals surface area contributed by atoms with Crippen molar-refractivity contribution in [3.05, 3.63) is 22.2 Å². The number of rotatable bonds is 3. The smallest absolute Gasteiger partial charge is 0.365 e. The zero-order valence-electron chi connectivity index (χ0n) is 10.8. The summed E-state index contributed by atoms with van der Waals surface area (Å²) in [6.07, 6.45) is -4.29. The molecule has 1 amide bonds. The highest BCUT2D eigenvalue weighted by Gasteiger charge is 2.33. The van der Waals surface area contributed by atoms with Gasteiger partial charge in [0.1, 0.15) is 12.6 Å². The Morgan fingerprint density at radius 3 is 2.65 bits per heavy atom. The van der Waals surface area contributed by atoms with Crippen molar-refractivity contribution in [3.63, 3.8) is 0 Å². The first-order valence-corrected chi connectivity index (χ1v) is 6.61. The average Bonchev–Trinajstić information content (AvgIpc) is 2.60. The van der Waals surface area contributed by atoms with Crippen LogP contribution in [0, 0.1) is 0 Å². The summed E-state index contributed by atoms with van der Waals surface area (Å²) in [5, 5.41) is 5.51. The van der Waals surface area contributed by atoms with E-state index in [0.29, 0.717) is 21.4 Å². The molecule has 110 valence electrons. The summed E-state index contributed by atoms with van der Waals surface area (Å²) in [5.74, 6) is -0.218. The number of anilines is 2. The number of amides is 1. The van der Waals surface area contributed by atoms with Crippen molar-refractivity contribution in [2.75, 3.05) is 30.9 Å². The second-order valence-corrected chi connectivity index (χ2v) is 5.43. The molecule has 1 aromatic carbocycles. The first kappa shape index (κ1) is 15.1. The van der Waals surface area contributed by atoms with E-state index >= 15 is 0 Å². The number of carbonyl (C=O) groups is 1. The quantitative estimate of drug-likeness (QED) is 0.879. The first-order valence-electron chi connectivity index (χ1n) is 5.82. The van der Waals surface area contributed by atoms with Crippen LogP contribution in [-0.4, -0.2) is 32.7 Å². The molecule has 1 unspecified atom stereocenters. The zero-order chi connectivity index (χ0) is 15.1. The Balaban J connectivity index is 2.35. The molecule has 0 radical (unpaired) electrons. The van der Waals surface area contributed by atoms with E-state index in [9.17, 15) is 18.0 Å². The summed E-state index contributed by atoms with van der Waals surface area (Å²) in [6.45, 7) is -1.06. The van der Waals surface area contributed by atoms with Crippen molar-refractivity contribution < 1.29 is 18.0 Å². The lowest BCUT2D eigenvalue weighted by molar-refractivity contribution is -0.119. The lowest BCUT2D eigenvalue weighted by Gasteiger charge is -2.23. The molecule has 0 aliphatic carbocycles. The Labute approximate surface area is 122 Å². The fourth-order valence-corrected chi connectivity index (χ4v) is 2.87. The Morgan fingerprint density at radius 2 is 2.10 bits per heavy atom. The zero-order valence-corrected chi connectivity index (χ0v) is 12.4. The highest BCUT2D eigenvalue weighted by atomic mass is 79.9. The Kier molecular flexibility index (Phi) is 3.97. The normalized spacial score (nSPS) is 17.9. The third-order valence-corrected chi connectivity index (χ3v) is 3.70. The number of carbonyl (C=O) groups excluding carboxylic acids is 1. The highest BCUT2D eigenvalue weighted by molar-refractivity contribution is 9.10. The summed E-state index contributed by atoms with van der Waals surface area (Å²) in [6, 6.07) is 2.72. The van der Waals surface area contributed by atoms with Gasteiger partial charge in [0.05, 0.1) is 5.69 Å². The SMILES string of the molecule is CNC1C(=O)Nc2cc(N(C)CC(F)(F)F)c(Br)cc21. The van der Waals surface area contributed by atoms with E-state index in [4.69, 9.17) is 0 Å². The molecule has 1 atom stereocenters. The maximum atomic E-state index is 12.4. The topological polar surface area (TPSA) is 44.4 Å². The van der Waals surface area contributed by atoms with Crippen molar-refractivity contribution in [2.45, 2.75) is 12.2 Å². The van der Waals surface area contributed by atoms with Gasteiger partial charge in [0.15, 0.2) is 0 Å². The maximum absolute atomic E-state index is 12.4. The minimum absolute atomic E-state index is 0.218. The van der Waals surface area contributed by atoms with Crippen LogP contribution in [0.5, 0.6) is 0 Å². The van der Waals surface area contributed by atoms with Gasteiger partial charge in [0.25, 0.3) is 0 Å². The second kappa shape index (κ2) is 5.25. The summed E-state index contributed by atoms with van der Waals surface area (Å²) in [4.78, 5) is 12.8. The van der Waals surface area contributed by atoms with Gasteiger partial charge in [0.2, 0.25) is 5.91 Å². The van der Waals surface area contributed by atoms with Gasteiger partial charge in [-0.05, 0) is 35.1 Å². The number of benzene rings is 1. The van der Waals surface area contributed by atoms with Crippen LogP contribution in [0.3, 0.4) is 0 Å². The van der Waals surface area contributed by atoms with Crippen molar-refractivity contribution in [1.29, 1.82) is 0 Å². The van der Waals surface area contributed by atoms with Crippen LogP contribution in [0.25, 0.3) is 0 Å². The molecule has 0 spiro atoms. The number of halogens is 4. The molecule has 0 saturated carbocycles. The van der Waals surface area contributed by atoms with Gasteiger partial charge in [-0.15, -0.1) is 0 Å². The van der Waals surface area contributed by atoms with E-state index in [0.717, 1.165) is 4.90 Å². The number of fused-ring (bicyclic) bond motifs is 1. The third-order valence-electron chi connectivity index (χ3n) is 3.07. The maximum Gasteiger partial charge on any atom is 0.405 e. The molecule has 0 saturated heterocycles. The van der Waals surface area contributed by atoms with E-state index in [1.807, 2.05) is 0 Å². The number of nitrogens with zero attached hydrogens (tertiary/aromatic N) is 1. The van der Waals surface area contributed by atoms with Crippen molar-refractivity contribution in [2.24, 2.45) is 0 Å². The van der Waals surface area contributed by atoms with E-state index in [1.165, 1.54) is 7.05 Å². The van der Waals surface area contributed by atoms with Gasteiger partial charge in [-0.25, -0.2) is 0 Å². The van der Waals surface area contributed by atoms with Gasteiger partial charge < -0.3 is 15.5 Å². The molecule has 1 aliphatic rings. The first-order chi connectivity index (χ1) is 9.23. The Bertz CT molecular complexity index is 547. The van der Waals surface area contributed by atoms with Crippen LogP contribution >= 0.6 is 15.9 Å². The Hall–Kier alpha value is -1.28. The minimum Gasteiger partial charge on any atom is -0.365 e. The van der Waals surface area contributed by atoms with Crippen LogP contribution in [0.2, 0.25) is 0 Å². The molecule has 1 heterocycles. The number of nitrogens with one attached hydrogen (secondary N) is 2. The van der Waals surface area contributed by atoms with Gasteiger partial charge in [-0.3, -0.25) is 4.79 Å². The largest absolute Gasteiger partial charge is 0.405 e. The van der Waals surface area contributed by atoms with Gasteiger partial charge in [-0.1, -0.05) is 0 Å². The average molecular weight is 352 g/mol. The van der Waals surface area contributed by atoms with Crippen molar-refractivity contribution >= 4 is 33.2 Å².